The van der Waals surface area contributed by atoms with E-state index in [1.807, 2.05) is 30.3 Å². The lowest BCUT2D eigenvalue weighted by Gasteiger charge is -2.08. The molecule has 2 heterocycles. The smallest absolute Gasteiger partial charge is 0.335 e. The first-order valence-electron chi connectivity index (χ1n) is 6.57. The van der Waals surface area contributed by atoms with Gasteiger partial charge in [0.2, 0.25) is 0 Å². The Hall–Kier alpha value is -3.15. The summed E-state index contributed by atoms with van der Waals surface area (Å²) in [4.78, 5) is 15.3. The number of aromatic carboxylic acids is 1. The zero-order chi connectivity index (χ0) is 15.5. The number of rotatable bonds is 4. The van der Waals surface area contributed by atoms with Gasteiger partial charge in [0.05, 0.1) is 24.6 Å². The molecule has 0 amide bonds. The lowest BCUT2D eigenvalue weighted by Crippen LogP contribution is -2.04. The summed E-state index contributed by atoms with van der Waals surface area (Å²) in [7, 11) is 1.61. The van der Waals surface area contributed by atoms with Gasteiger partial charge in [-0.2, -0.15) is 5.10 Å². The van der Waals surface area contributed by atoms with Crippen molar-refractivity contribution in [1.82, 2.24) is 14.8 Å². The number of benzene rings is 1. The largest absolute Gasteiger partial charge is 0.497 e. The fraction of sp³-hybridized carbons (Fsp3) is 0.0625. The van der Waals surface area contributed by atoms with Crippen LogP contribution in [0.4, 0.5) is 0 Å². The summed E-state index contributed by atoms with van der Waals surface area (Å²) in [6, 6.07) is 12.3. The van der Waals surface area contributed by atoms with Crippen LogP contribution in [0.2, 0.25) is 0 Å². The van der Waals surface area contributed by atoms with E-state index in [4.69, 9.17) is 9.84 Å². The van der Waals surface area contributed by atoms with Crippen molar-refractivity contribution in [2.75, 3.05) is 7.11 Å². The highest BCUT2D eigenvalue weighted by Crippen LogP contribution is 2.24. The fourth-order valence-electron chi connectivity index (χ4n) is 2.13. The molecule has 0 fully saturated rings. The van der Waals surface area contributed by atoms with Crippen LogP contribution in [0.25, 0.3) is 17.1 Å². The van der Waals surface area contributed by atoms with E-state index in [-0.39, 0.29) is 5.56 Å². The molecule has 0 saturated heterocycles. The molecule has 0 radical (unpaired) electrons. The van der Waals surface area contributed by atoms with Crippen LogP contribution >= 0.6 is 0 Å². The number of methoxy groups -OCH3 is 1. The van der Waals surface area contributed by atoms with Gasteiger partial charge in [0.1, 0.15) is 5.75 Å². The molecule has 6 heteroatoms. The highest BCUT2D eigenvalue weighted by atomic mass is 16.5. The summed E-state index contributed by atoms with van der Waals surface area (Å²) in [6.07, 6.45) is 3.10. The molecule has 0 spiro atoms. The number of hydrogen-bond donors (Lipinski definition) is 1. The predicted octanol–water partition coefficient (Wildman–Crippen LogP) is 2.64. The van der Waals surface area contributed by atoms with Crippen LogP contribution in [-0.4, -0.2) is 33.0 Å². The van der Waals surface area contributed by atoms with Crippen molar-refractivity contribution in [2.45, 2.75) is 0 Å². The van der Waals surface area contributed by atoms with E-state index in [0.717, 1.165) is 17.0 Å². The van der Waals surface area contributed by atoms with Gasteiger partial charge >= 0.3 is 5.97 Å². The summed E-state index contributed by atoms with van der Waals surface area (Å²) in [5.41, 5.74) is 1.92. The molecule has 0 unspecified atom stereocenters. The van der Waals surface area contributed by atoms with Gasteiger partial charge in [0, 0.05) is 11.8 Å². The average molecular weight is 295 g/mol. The van der Waals surface area contributed by atoms with Gasteiger partial charge in [-0.05, 0) is 42.5 Å². The third kappa shape index (κ3) is 2.54. The van der Waals surface area contributed by atoms with Crippen LogP contribution in [0.1, 0.15) is 10.4 Å². The minimum Gasteiger partial charge on any atom is -0.497 e. The summed E-state index contributed by atoms with van der Waals surface area (Å²) >= 11 is 0. The maximum absolute atomic E-state index is 11.1. The van der Waals surface area contributed by atoms with Crippen LogP contribution < -0.4 is 4.74 Å². The van der Waals surface area contributed by atoms with E-state index in [0.29, 0.717) is 5.82 Å². The zero-order valence-electron chi connectivity index (χ0n) is 11.8. The van der Waals surface area contributed by atoms with Crippen molar-refractivity contribution in [3.8, 4) is 22.8 Å². The third-order valence-corrected chi connectivity index (χ3v) is 3.24. The van der Waals surface area contributed by atoms with E-state index >= 15 is 0 Å². The molecular weight excluding hydrogens is 282 g/mol. The molecule has 22 heavy (non-hydrogen) atoms. The molecule has 0 saturated carbocycles. The minimum atomic E-state index is -0.998. The van der Waals surface area contributed by atoms with Gasteiger partial charge in [0.25, 0.3) is 0 Å². The number of carboxylic acid groups (broad SMARTS) is 1. The number of carboxylic acids is 1. The van der Waals surface area contributed by atoms with Crippen molar-refractivity contribution in [3.05, 3.63) is 60.4 Å². The van der Waals surface area contributed by atoms with Gasteiger partial charge in [-0.3, -0.25) is 0 Å². The van der Waals surface area contributed by atoms with Crippen molar-refractivity contribution >= 4 is 5.97 Å². The van der Waals surface area contributed by atoms with Crippen molar-refractivity contribution in [2.24, 2.45) is 0 Å². The summed E-state index contributed by atoms with van der Waals surface area (Å²) < 4.78 is 6.75. The molecule has 0 bridgehead atoms. The van der Waals surface area contributed by atoms with Gasteiger partial charge in [-0.1, -0.05) is 0 Å². The first-order valence-corrected chi connectivity index (χ1v) is 6.57. The van der Waals surface area contributed by atoms with E-state index < -0.39 is 5.97 Å². The molecule has 2 aromatic heterocycles. The number of nitrogens with zero attached hydrogens (tertiary/aromatic N) is 3. The van der Waals surface area contributed by atoms with Gasteiger partial charge in [-0.15, -0.1) is 0 Å². The standard InChI is InChI=1S/C16H13N3O3/c1-22-13-4-2-11(3-5-13)14-7-9-18-19(14)15-10-12(16(20)21)6-8-17-15/h2-10H,1H3,(H,20,21). The minimum absolute atomic E-state index is 0.168. The van der Waals surface area contributed by atoms with Crippen LogP contribution in [-0.2, 0) is 0 Å². The number of hydrogen-bond acceptors (Lipinski definition) is 4. The Kier molecular flexibility index (Phi) is 3.57. The molecule has 0 aliphatic rings. The number of ether oxygens (including phenoxy) is 1. The Morgan fingerprint density at radius 3 is 2.59 bits per heavy atom. The topological polar surface area (TPSA) is 77.2 Å². The van der Waals surface area contributed by atoms with Gasteiger partial charge in [-0.25, -0.2) is 14.5 Å². The first-order chi connectivity index (χ1) is 10.7. The molecule has 0 aliphatic heterocycles. The normalized spacial score (nSPS) is 10.4. The lowest BCUT2D eigenvalue weighted by atomic mass is 10.1. The average Bonchev–Trinajstić information content (AvgIpc) is 3.04. The summed E-state index contributed by atoms with van der Waals surface area (Å²) in [5.74, 6) is 0.221. The van der Waals surface area contributed by atoms with Crippen LogP contribution in [0.3, 0.4) is 0 Å². The second kappa shape index (κ2) is 5.69. The second-order valence-electron chi connectivity index (χ2n) is 4.56. The second-order valence-corrected chi connectivity index (χ2v) is 4.56. The summed E-state index contributed by atoms with van der Waals surface area (Å²) in [6.45, 7) is 0. The maximum atomic E-state index is 11.1. The Bertz CT molecular complexity index is 810. The number of pyridine rings is 1. The highest BCUT2D eigenvalue weighted by Gasteiger charge is 2.11. The Morgan fingerprint density at radius 2 is 1.91 bits per heavy atom. The van der Waals surface area contributed by atoms with E-state index in [9.17, 15) is 4.79 Å². The molecule has 0 aliphatic carbocycles. The van der Waals surface area contributed by atoms with E-state index in [1.54, 1.807) is 18.0 Å². The van der Waals surface area contributed by atoms with Gasteiger partial charge in [0.15, 0.2) is 5.82 Å². The van der Waals surface area contributed by atoms with Crippen LogP contribution in [0, 0.1) is 0 Å². The predicted molar refractivity (Wildman–Crippen MR) is 80.3 cm³/mol. The lowest BCUT2D eigenvalue weighted by molar-refractivity contribution is 0.0696. The molecule has 3 aromatic rings. The third-order valence-electron chi connectivity index (χ3n) is 3.24. The highest BCUT2D eigenvalue weighted by molar-refractivity contribution is 5.88. The van der Waals surface area contributed by atoms with Crippen molar-refractivity contribution < 1.29 is 14.6 Å². The van der Waals surface area contributed by atoms with Crippen molar-refractivity contribution in [1.29, 1.82) is 0 Å². The molecule has 3 rings (SSSR count). The molecule has 110 valence electrons. The first kappa shape index (κ1) is 13.8. The van der Waals surface area contributed by atoms with Crippen molar-refractivity contribution in [3.63, 3.8) is 0 Å². The SMILES string of the molecule is COc1ccc(-c2ccnn2-c2cc(C(=O)O)ccn2)cc1. The maximum Gasteiger partial charge on any atom is 0.335 e. The van der Waals surface area contributed by atoms with Gasteiger partial charge < -0.3 is 9.84 Å². The zero-order valence-corrected chi connectivity index (χ0v) is 11.8. The molecule has 6 nitrogen and oxygen atoms in total. The van der Waals surface area contributed by atoms with Crippen LogP contribution in [0.15, 0.2) is 54.9 Å². The monoisotopic (exact) mass is 295 g/mol. The summed E-state index contributed by atoms with van der Waals surface area (Å²) in [5, 5.41) is 13.3. The number of aromatic nitrogens is 3. The van der Waals surface area contributed by atoms with E-state index in [1.165, 1.54) is 18.3 Å². The molecule has 1 N–H and O–H groups in total. The molecule has 1 aromatic carbocycles. The molecule has 0 atom stereocenters. The molecular formula is C16H13N3O3. The fourth-order valence-corrected chi connectivity index (χ4v) is 2.13. The quantitative estimate of drug-likeness (QED) is 0.800. The number of carbonyl (C=O) groups is 1. The Balaban J connectivity index is 2.04. The Morgan fingerprint density at radius 1 is 1.14 bits per heavy atom. The van der Waals surface area contributed by atoms with E-state index in [2.05, 4.69) is 10.1 Å². The van der Waals surface area contributed by atoms with Crippen LogP contribution in [0.5, 0.6) is 5.75 Å². The Labute approximate surface area is 126 Å².